The third-order valence-electron chi connectivity index (χ3n) is 2.56. The number of carbonyl (C=O) groups is 1. The van der Waals surface area contributed by atoms with E-state index in [1.807, 2.05) is 13.8 Å². The van der Waals surface area contributed by atoms with Gasteiger partial charge in [0, 0.05) is 12.1 Å². The molecule has 0 aliphatic heterocycles. The average molecular weight is 245 g/mol. The van der Waals surface area contributed by atoms with E-state index in [0.717, 1.165) is 0 Å². The van der Waals surface area contributed by atoms with Gasteiger partial charge in [-0.2, -0.15) is 0 Å². The molecular weight excluding hydrogens is 230 g/mol. The minimum absolute atomic E-state index is 0.112. The lowest BCUT2D eigenvalue weighted by Crippen LogP contribution is -2.14. The van der Waals surface area contributed by atoms with Gasteiger partial charge in [-0.05, 0) is 19.1 Å². The zero-order chi connectivity index (χ0) is 13.1. The zero-order valence-corrected chi connectivity index (χ0v) is 10.6. The predicted molar refractivity (Wildman–Crippen MR) is 67.5 cm³/mol. The van der Waals surface area contributed by atoms with Gasteiger partial charge in [0.05, 0.1) is 17.6 Å². The smallest absolute Gasteiger partial charge is 0.261 e. The Morgan fingerprint density at radius 3 is 2.83 bits per heavy atom. The minimum Gasteiger partial charge on any atom is -0.360 e. The van der Waals surface area contributed by atoms with Crippen LogP contribution in [0.1, 0.15) is 41.6 Å². The van der Waals surface area contributed by atoms with Crippen LogP contribution < -0.4 is 5.32 Å². The molecule has 1 N–H and O–H groups in total. The maximum absolute atomic E-state index is 12.2. The number of nitrogens with one attached hydrogen (secondary N) is 1. The normalized spacial score (nSPS) is 10.7. The molecular formula is C13H15N3O2. The van der Waals surface area contributed by atoms with Crippen molar-refractivity contribution in [2.75, 3.05) is 5.32 Å². The lowest BCUT2D eigenvalue weighted by atomic mass is 10.0. The summed E-state index contributed by atoms with van der Waals surface area (Å²) < 4.78 is 5.19. The van der Waals surface area contributed by atoms with E-state index < -0.39 is 0 Å². The van der Waals surface area contributed by atoms with Gasteiger partial charge < -0.3 is 9.84 Å². The third kappa shape index (κ3) is 2.40. The van der Waals surface area contributed by atoms with Crippen molar-refractivity contribution in [3.8, 4) is 0 Å². The van der Waals surface area contributed by atoms with E-state index in [9.17, 15) is 4.79 Å². The van der Waals surface area contributed by atoms with E-state index in [2.05, 4.69) is 15.5 Å². The van der Waals surface area contributed by atoms with E-state index in [1.165, 1.54) is 0 Å². The van der Waals surface area contributed by atoms with Crippen LogP contribution in [0, 0.1) is 6.92 Å². The Balaban J connectivity index is 2.27. The van der Waals surface area contributed by atoms with Gasteiger partial charge in [0.15, 0.2) is 5.76 Å². The van der Waals surface area contributed by atoms with E-state index in [0.29, 0.717) is 22.7 Å². The van der Waals surface area contributed by atoms with Crippen molar-refractivity contribution in [2.24, 2.45) is 0 Å². The summed E-state index contributed by atoms with van der Waals surface area (Å²) in [5, 5.41) is 6.63. The van der Waals surface area contributed by atoms with Crippen LogP contribution in [0.4, 0.5) is 5.69 Å². The third-order valence-corrected chi connectivity index (χ3v) is 2.56. The SMILES string of the molecule is Cc1noc(C(C)C)c1C(=O)Nc1cccnc1. The van der Waals surface area contributed by atoms with Gasteiger partial charge in [0.25, 0.3) is 5.91 Å². The molecule has 2 rings (SSSR count). The Morgan fingerprint density at radius 1 is 1.44 bits per heavy atom. The lowest BCUT2D eigenvalue weighted by Gasteiger charge is -2.06. The number of rotatable bonds is 3. The molecule has 0 spiro atoms. The first-order valence-electron chi connectivity index (χ1n) is 5.77. The van der Waals surface area contributed by atoms with E-state index >= 15 is 0 Å². The first-order chi connectivity index (χ1) is 8.59. The second kappa shape index (κ2) is 5.00. The number of aromatic nitrogens is 2. The number of hydrogen-bond donors (Lipinski definition) is 1. The second-order valence-electron chi connectivity index (χ2n) is 4.36. The number of pyridine rings is 1. The van der Waals surface area contributed by atoms with Gasteiger partial charge in [0.2, 0.25) is 0 Å². The molecule has 0 saturated carbocycles. The molecule has 0 saturated heterocycles. The molecule has 0 atom stereocenters. The summed E-state index contributed by atoms with van der Waals surface area (Å²) in [6, 6.07) is 3.54. The summed E-state index contributed by atoms with van der Waals surface area (Å²) in [7, 11) is 0. The van der Waals surface area contributed by atoms with Crippen LogP contribution in [0.15, 0.2) is 29.0 Å². The Labute approximate surface area is 105 Å². The van der Waals surface area contributed by atoms with Gasteiger partial charge in [-0.15, -0.1) is 0 Å². The number of amides is 1. The van der Waals surface area contributed by atoms with Crippen molar-refractivity contribution in [3.05, 3.63) is 41.5 Å². The highest BCUT2D eigenvalue weighted by atomic mass is 16.5. The Hall–Kier alpha value is -2.17. The summed E-state index contributed by atoms with van der Waals surface area (Å²) in [6.07, 6.45) is 3.25. The Kier molecular flexibility index (Phi) is 3.41. The van der Waals surface area contributed by atoms with Crippen molar-refractivity contribution in [1.82, 2.24) is 10.1 Å². The summed E-state index contributed by atoms with van der Waals surface area (Å²) in [4.78, 5) is 16.1. The minimum atomic E-state index is -0.217. The molecule has 2 aromatic heterocycles. The summed E-state index contributed by atoms with van der Waals surface area (Å²) in [5.74, 6) is 0.500. The van der Waals surface area contributed by atoms with Gasteiger partial charge in [-0.1, -0.05) is 19.0 Å². The predicted octanol–water partition coefficient (Wildman–Crippen LogP) is 2.75. The second-order valence-corrected chi connectivity index (χ2v) is 4.36. The summed E-state index contributed by atoms with van der Waals surface area (Å²) in [6.45, 7) is 5.68. The molecule has 2 aromatic rings. The number of hydrogen-bond acceptors (Lipinski definition) is 4. The van der Waals surface area contributed by atoms with Crippen LogP contribution in [0.2, 0.25) is 0 Å². The molecule has 0 fully saturated rings. The van der Waals surface area contributed by atoms with Gasteiger partial charge in [-0.25, -0.2) is 0 Å². The maximum atomic E-state index is 12.2. The van der Waals surface area contributed by atoms with Crippen molar-refractivity contribution < 1.29 is 9.32 Å². The fraction of sp³-hybridized carbons (Fsp3) is 0.308. The molecule has 1 amide bonds. The zero-order valence-electron chi connectivity index (χ0n) is 10.6. The van der Waals surface area contributed by atoms with Crippen molar-refractivity contribution in [2.45, 2.75) is 26.7 Å². The van der Waals surface area contributed by atoms with Crippen molar-refractivity contribution in [1.29, 1.82) is 0 Å². The van der Waals surface area contributed by atoms with E-state index in [4.69, 9.17) is 4.52 Å². The molecule has 2 heterocycles. The average Bonchev–Trinajstić information content (AvgIpc) is 2.72. The molecule has 0 aliphatic carbocycles. The highest BCUT2D eigenvalue weighted by Gasteiger charge is 2.22. The summed E-state index contributed by atoms with van der Waals surface area (Å²) in [5.41, 5.74) is 1.76. The van der Waals surface area contributed by atoms with Crippen LogP contribution in [0.3, 0.4) is 0 Å². The van der Waals surface area contributed by atoms with E-state index in [1.54, 1.807) is 31.5 Å². The molecule has 0 aliphatic rings. The number of aryl methyl sites for hydroxylation is 1. The van der Waals surface area contributed by atoms with Crippen molar-refractivity contribution in [3.63, 3.8) is 0 Å². The fourth-order valence-corrected chi connectivity index (χ4v) is 1.69. The maximum Gasteiger partial charge on any atom is 0.261 e. The number of anilines is 1. The van der Waals surface area contributed by atoms with Crippen LogP contribution in [0.25, 0.3) is 0 Å². The molecule has 0 bridgehead atoms. The monoisotopic (exact) mass is 245 g/mol. The first kappa shape index (κ1) is 12.3. The standard InChI is InChI=1S/C13H15N3O2/c1-8(2)12-11(9(3)16-18-12)13(17)15-10-5-4-6-14-7-10/h4-8H,1-3H3,(H,15,17). The van der Waals surface area contributed by atoms with Crippen LogP contribution in [-0.4, -0.2) is 16.0 Å². The van der Waals surface area contributed by atoms with Gasteiger partial charge >= 0.3 is 0 Å². The highest BCUT2D eigenvalue weighted by molar-refractivity contribution is 6.05. The van der Waals surface area contributed by atoms with Crippen molar-refractivity contribution >= 4 is 11.6 Å². The van der Waals surface area contributed by atoms with Gasteiger partial charge in [0.1, 0.15) is 5.56 Å². The summed E-state index contributed by atoms with van der Waals surface area (Å²) >= 11 is 0. The molecule has 18 heavy (non-hydrogen) atoms. The Bertz CT molecular complexity index is 547. The molecule has 5 heteroatoms. The number of carbonyl (C=O) groups excluding carboxylic acids is 1. The van der Waals surface area contributed by atoms with Crippen LogP contribution in [0.5, 0.6) is 0 Å². The largest absolute Gasteiger partial charge is 0.360 e. The molecule has 0 unspecified atom stereocenters. The first-order valence-corrected chi connectivity index (χ1v) is 5.77. The Morgan fingerprint density at radius 2 is 2.22 bits per heavy atom. The number of nitrogens with zero attached hydrogens (tertiary/aromatic N) is 2. The topological polar surface area (TPSA) is 68.0 Å². The van der Waals surface area contributed by atoms with E-state index in [-0.39, 0.29) is 11.8 Å². The lowest BCUT2D eigenvalue weighted by molar-refractivity contribution is 0.102. The highest BCUT2D eigenvalue weighted by Crippen LogP contribution is 2.23. The molecule has 5 nitrogen and oxygen atoms in total. The fourth-order valence-electron chi connectivity index (χ4n) is 1.69. The molecule has 0 aromatic carbocycles. The molecule has 94 valence electrons. The van der Waals surface area contributed by atoms with Gasteiger partial charge in [-0.3, -0.25) is 9.78 Å². The van der Waals surface area contributed by atoms with Crippen LogP contribution >= 0.6 is 0 Å². The van der Waals surface area contributed by atoms with Crippen LogP contribution in [-0.2, 0) is 0 Å². The quantitative estimate of drug-likeness (QED) is 0.902. The molecule has 0 radical (unpaired) electrons.